The summed E-state index contributed by atoms with van der Waals surface area (Å²) in [7, 11) is 1.36. The van der Waals surface area contributed by atoms with Crippen molar-refractivity contribution in [3.05, 3.63) is 65.2 Å². The van der Waals surface area contributed by atoms with Crippen molar-refractivity contribution in [3.63, 3.8) is 0 Å². The Labute approximate surface area is 123 Å². The molecule has 0 radical (unpaired) electrons. The Morgan fingerprint density at radius 2 is 1.86 bits per heavy atom. The number of ether oxygens (including phenoxy) is 2. The van der Waals surface area contributed by atoms with E-state index in [4.69, 9.17) is 14.6 Å². The Balaban J connectivity index is 1.97. The van der Waals surface area contributed by atoms with Gasteiger partial charge in [0.25, 0.3) is 0 Å². The molecule has 1 N–H and O–H groups in total. The Hall–Kier alpha value is -2.33. The fourth-order valence-corrected chi connectivity index (χ4v) is 1.95. The van der Waals surface area contributed by atoms with E-state index in [0.717, 1.165) is 16.9 Å². The third-order valence-electron chi connectivity index (χ3n) is 3.08. The SMILES string of the molecule is COC(=O)c1cccc(COc2ccc(CCO)cc2)c1. The molecule has 0 saturated carbocycles. The number of hydrogen-bond donors (Lipinski definition) is 1. The molecule has 0 aliphatic rings. The lowest BCUT2D eigenvalue weighted by Crippen LogP contribution is -2.03. The van der Waals surface area contributed by atoms with Crippen LogP contribution < -0.4 is 4.74 Å². The van der Waals surface area contributed by atoms with Crippen molar-refractivity contribution in [2.24, 2.45) is 0 Å². The zero-order valence-electron chi connectivity index (χ0n) is 11.9. The van der Waals surface area contributed by atoms with Gasteiger partial charge >= 0.3 is 5.97 Å². The minimum atomic E-state index is -0.356. The number of aliphatic hydroxyl groups is 1. The number of esters is 1. The molecule has 0 saturated heterocycles. The van der Waals surface area contributed by atoms with Gasteiger partial charge in [0.05, 0.1) is 12.7 Å². The fourth-order valence-electron chi connectivity index (χ4n) is 1.95. The molecule has 0 aliphatic carbocycles. The molecule has 0 unspecified atom stereocenters. The van der Waals surface area contributed by atoms with Crippen molar-refractivity contribution >= 4 is 5.97 Å². The van der Waals surface area contributed by atoms with E-state index in [0.29, 0.717) is 18.6 Å². The number of methoxy groups -OCH3 is 1. The normalized spacial score (nSPS) is 10.2. The second-order valence-electron chi connectivity index (χ2n) is 4.60. The van der Waals surface area contributed by atoms with Crippen molar-refractivity contribution in [2.45, 2.75) is 13.0 Å². The first-order chi connectivity index (χ1) is 10.2. The second-order valence-corrected chi connectivity index (χ2v) is 4.60. The summed E-state index contributed by atoms with van der Waals surface area (Å²) in [5, 5.41) is 8.86. The molecular formula is C17H18O4. The third kappa shape index (κ3) is 4.33. The van der Waals surface area contributed by atoms with Gasteiger partial charge in [-0.1, -0.05) is 24.3 Å². The molecule has 0 aliphatic heterocycles. The topological polar surface area (TPSA) is 55.8 Å². The van der Waals surface area contributed by atoms with Gasteiger partial charge in [-0.05, 0) is 41.8 Å². The number of aliphatic hydroxyl groups excluding tert-OH is 1. The van der Waals surface area contributed by atoms with Crippen LogP contribution in [0.5, 0.6) is 5.75 Å². The van der Waals surface area contributed by atoms with E-state index >= 15 is 0 Å². The average Bonchev–Trinajstić information content (AvgIpc) is 2.54. The van der Waals surface area contributed by atoms with Crippen molar-refractivity contribution < 1.29 is 19.4 Å². The monoisotopic (exact) mass is 286 g/mol. The van der Waals surface area contributed by atoms with Gasteiger partial charge in [0.15, 0.2) is 0 Å². The first-order valence-electron chi connectivity index (χ1n) is 6.73. The quantitative estimate of drug-likeness (QED) is 0.829. The Morgan fingerprint density at radius 3 is 2.52 bits per heavy atom. The van der Waals surface area contributed by atoms with Crippen LogP contribution in [0.4, 0.5) is 0 Å². The summed E-state index contributed by atoms with van der Waals surface area (Å²) in [5.74, 6) is 0.394. The van der Waals surface area contributed by atoms with Crippen LogP contribution in [0.25, 0.3) is 0 Å². The van der Waals surface area contributed by atoms with Crippen LogP contribution in [0.15, 0.2) is 48.5 Å². The van der Waals surface area contributed by atoms with Gasteiger partial charge in [-0.2, -0.15) is 0 Å². The lowest BCUT2D eigenvalue weighted by molar-refractivity contribution is 0.0600. The lowest BCUT2D eigenvalue weighted by atomic mass is 10.1. The fraction of sp³-hybridized carbons (Fsp3) is 0.235. The standard InChI is InChI=1S/C17H18O4/c1-20-17(19)15-4-2-3-14(11-15)12-21-16-7-5-13(6-8-16)9-10-18/h2-8,11,18H,9-10,12H2,1H3. The maximum absolute atomic E-state index is 11.5. The van der Waals surface area contributed by atoms with Crippen LogP contribution in [-0.2, 0) is 17.8 Å². The van der Waals surface area contributed by atoms with Crippen molar-refractivity contribution in [1.82, 2.24) is 0 Å². The van der Waals surface area contributed by atoms with E-state index < -0.39 is 0 Å². The molecule has 0 fully saturated rings. The van der Waals surface area contributed by atoms with Gasteiger partial charge in [0, 0.05) is 6.61 Å². The summed E-state index contributed by atoms with van der Waals surface area (Å²) >= 11 is 0. The zero-order chi connectivity index (χ0) is 15.1. The molecule has 4 nitrogen and oxygen atoms in total. The van der Waals surface area contributed by atoms with Crippen LogP contribution in [0.1, 0.15) is 21.5 Å². The maximum Gasteiger partial charge on any atom is 0.337 e. The highest BCUT2D eigenvalue weighted by atomic mass is 16.5. The molecule has 0 bridgehead atoms. The van der Waals surface area contributed by atoms with E-state index in [-0.39, 0.29) is 12.6 Å². The predicted octanol–water partition coefficient (Wildman–Crippen LogP) is 2.59. The largest absolute Gasteiger partial charge is 0.489 e. The summed E-state index contributed by atoms with van der Waals surface area (Å²) in [5.41, 5.74) is 2.48. The van der Waals surface area contributed by atoms with Gasteiger partial charge in [0.2, 0.25) is 0 Å². The Kier molecular flexibility index (Phi) is 5.35. The molecule has 0 amide bonds. The van der Waals surface area contributed by atoms with E-state index in [1.54, 1.807) is 18.2 Å². The molecule has 4 heteroatoms. The van der Waals surface area contributed by atoms with Crippen molar-refractivity contribution in [3.8, 4) is 5.75 Å². The molecular weight excluding hydrogens is 268 g/mol. The average molecular weight is 286 g/mol. The molecule has 2 aromatic carbocycles. The van der Waals surface area contributed by atoms with Gasteiger partial charge in [0.1, 0.15) is 12.4 Å². The van der Waals surface area contributed by atoms with E-state index in [9.17, 15) is 4.79 Å². The maximum atomic E-state index is 11.5. The molecule has 2 rings (SSSR count). The molecule has 2 aromatic rings. The predicted molar refractivity (Wildman–Crippen MR) is 79.3 cm³/mol. The highest BCUT2D eigenvalue weighted by Crippen LogP contribution is 2.15. The van der Waals surface area contributed by atoms with E-state index in [2.05, 4.69) is 0 Å². The second kappa shape index (κ2) is 7.45. The number of carbonyl (C=O) groups excluding carboxylic acids is 1. The van der Waals surface area contributed by atoms with Crippen LogP contribution in [0, 0.1) is 0 Å². The van der Waals surface area contributed by atoms with Crippen molar-refractivity contribution in [2.75, 3.05) is 13.7 Å². The van der Waals surface area contributed by atoms with Crippen LogP contribution >= 0.6 is 0 Å². The lowest BCUT2D eigenvalue weighted by Gasteiger charge is -2.08. The summed E-state index contributed by atoms with van der Waals surface area (Å²) < 4.78 is 10.4. The van der Waals surface area contributed by atoms with Crippen LogP contribution in [0.3, 0.4) is 0 Å². The minimum absolute atomic E-state index is 0.139. The Bertz CT molecular complexity index is 590. The highest BCUT2D eigenvalue weighted by molar-refractivity contribution is 5.89. The third-order valence-corrected chi connectivity index (χ3v) is 3.08. The summed E-state index contributed by atoms with van der Waals surface area (Å²) in [6.07, 6.45) is 0.640. The number of carbonyl (C=O) groups is 1. The molecule has 0 aromatic heterocycles. The van der Waals surface area contributed by atoms with E-state index in [1.165, 1.54) is 7.11 Å². The number of hydrogen-bond acceptors (Lipinski definition) is 4. The van der Waals surface area contributed by atoms with Gasteiger partial charge < -0.3 is 14.6 Å². The zero-order valence-corrected chi connectivity index (χ0v) is 11.9. The minimum Gasteiger partial charge on any atom is -0.489 e. The first kappa shape index (κ1) is 15.1. The molecule has 0 atom stereocenters. The number of benzene rings is 2. The molecule has 21 heavy (non-hydrogen) atoms. The van der Waals surface area contributed by atoms with Gasteiger partial charge in [-0.25, -0.2) is 4.79 Å². The Morgan fingerprint density at radius 1 is 1.10 bits per heavy atom. The summed E-state index contributed by atoms with van der Waals surface area (Å²) in [6.45, 7) is 0.519. The molecule has 0 spiro atoms. The molecule has 0 heterocycles. The van der Waals surface area contributed by atoms with Crippen molar-refractivity contribution in [1.29, 1.82) is 0 Å². The highest BCUT2D eigenvalue weighted by Gasteiger charge is 2.05. The summed E-state index contributed by atoms with van der Waals surface area (Å²) in [4.78, 5) is 11.5. The van der Waals surface area contributed by atoms with Gasteiger partial charge in [-0.3, -0.25) is 0 Å². The molecule has 110 valence electrons. The van der Waals surface area contributed by atoms with Crippen LogP contribution in [-0.4, -0.2) is 24.8 Å². The summed E-state index contributed by atoms with van der Waals surface area (Å²) in [6, 6.07) is 14.8. The van der Waals surface area contributed by atoms with E-state index in [1.807, 2.05) is 30.3 Å². The smallest absolute Gasteiger partial charge is 0.337 e. The van der Waals surface area contributed by atoms with Gasteiger partial charge in [-0.15, -0.1) is 0 Å². The van der Waals surface area contributed by atoms with Crippen LogP contribution in [0.2, 0.25) is 0 Å². The number of rotatable bonds is 6. The first-order valence-corrected chi connectivity index (χ1v) is 6.73.